The number of aromatic nitrogens is 2. The fraction of sp³-hybridized carbons (Fsp3) is 0.710. The summed E-state index contributed by atoms with van der Waals surface area (Å²) in [6.45, 7) is 4.44. The summed E-state index contributed by atoms with van der Waals surface area (Å²) in [4.78, 5) is 33.9. The molecule has 0 aliphatic heterocycles. The number of benzene rings is 1. The van der Waals surface area contributed by atoms with Gasteiger partial charge in [-0.15, -0.1) is 12.6 Å². The van der Waals surface area contributed by atoms with Gasteiger partial charge in [0.05, 0.1) is 16.4 Å². The van der Waals surface area contributed by atoms with E-state index in [2.05, 4.69) is 36.4 Å². The lowest BCUT2D eigenvalue weighted by Crippen LogP contribution is -2.41. The van der Waals surface area contributed by atoms with Gasteiger partial charge in [0.1, 0.15) is 11.7 Å². The van der Waals surface area contributed by atoms with Crippen molar-refractivity contribution in [1.29, 1.82) is 0 Å². The van der Waals surface area contributed by atoms with Gasteiger partial charge >= 0.3 is 5.97 Å². The lowest BCUT2D eigenvalue weighted by molar-refractivity contribution is -0.153. The van der Waals surface area contributed by atoms with Crippen LogP contribution in [0.3, 0.4) is 0 Å². The number of unbranched alkanes of at least 4 members (excludes halogenated alkanes) is 14. The predicted octanol–water partition coefficient (Wildman–Crippen LogP) is 9.24. The molecule has 37 heavy (non-hydrogen) atoms. The van der Waals surface area contributed by atoms with Crippen LogP contribution in [-0.4, -0.2) is 26.2 Å². The number of fused-ring (bicyclic) bond motifs is 1. The second-order valence-corrected chi connectivity index (χ2v) is 11.3. The molecule has 0 saturated heterocycles. The van der Waals surface area contributed by atoms with Crippen molar-refractivity contribution >= 4 is 34.7 Å². The van der Waals surface area contributed by atoms with Crippen molar-refractivity contribution in [3.63, 3.8) is 0 Å². The molecule has 0 aliphatic carbocycles. The molecular formula is C31H50N2O3S. The molecule has 0 amide bonds. The van der Waals surface area contributed by atoms with E-state index < -0.39 is 22.4 Å². The Kier molecular flexibility index (Phi) is 15.0. The van der Waals surface area contributed by atoms with E-state index in [1.165, 1.54) is 64.2 Å². The number of thiol groups is 1. The van der Waals surface area contributed by atoms with Gasteiger partial charge in [-0.3, -0.25) is 9.59 Å². The average Bonchev–Trinajstić information content (AvgIpc) is 3.29. The van der Waals surface area contributed by atoms with Crippen molar-refractivity contribution in [2.75, 3.05) is 0 Å². The van der Waals surface area contributed by atoms with E-state index in [1.807, 2.05) is 24.3 Å². The van der Waals surface area contributed by atoms with E-state index in [-0.39, 0.29) is 0 Å². The summed E-state index contributed by atoms with van der Waals surface area (Å²) in [6, 6.07) is 7.60. The highest BCUT2D eigenvalue weighted by Crippen LogP contribution is 2.46. The number of hydrogen-bond donors (Lipinski definition) is 3. The molecule has 1 heterocycles. The van der Waals surface area contributed by atoms with Crippen LogP contribution >= 0.6 is 12.6 Å². The Morgan fingerprint density at radius 1 is 0.811 bits per heavy atom. The van der Waals surface area contributed by atoms with Crippen molar-refractivity contribution in [2.24, 2.45) is 5.41 Å². The second kappa shape index (κ2) is 17.6. The molecule has 2 rings (SSSR count). The van der Waals surface area contributed by atoms with Crippen LogP contribution in [0.2, 0.25) is 0 Å². The number of carboxylic acid groups (broad SMARTS) is 1. The van der Waals surface area contributed by atoms with Gasteiger partial charge in [-0.05, 0) is 25.0 Å². The lowest BCUT2D eigenvalue weighted by atomic mass is 9.68. The number of carbonyl (C=O) groups excluding carboxylic acids is 1. The first-order valence-electron chi connectivity index (χ1n) is 14.9. The molecule has 0 radical (unpaired) electrons. The molecule has 208 valence electrons. The summed E-state index contributed by atoms with van der Waals surface area (Å²) >= 11 is 4.23. The summed E-state index contributed by atoms with van der Waals surface area (Å²) < 4.78 is 0. The molecule has 6 heteroatoms. The summed E-state index contributed by atoms with van der Waals surface area (Å²) in [5.74, 6) is -1.36. The zero-order valence-corrected chi connectivity index (χ0v) is 24.2. The first-order chi connectivity index (χ1) is 18.0. The van der Waals surface area contributed by atoms with Crippen LogP contribution in [0.5, 0.6) is 0 Å². The van der Waals surface area contributed by atoms with Crippen molar-refractivity contribution < 1.29 is 14.7 Å². The summed E-state index contributed by atoms with van der Waals surface area (Å²) in [7, 11) is 0. The van der Waals surface area contributed by atoms with E-state index >= 15 is 0 Å². The maximum Gasteiger partial charge on any atom is 0.310 e. The summed E-state index contributed by atoms with van der Waals surface area (Å²) in [5, 5.41) is 10.2. The van der Waals surface area contributed by atoms with Crippen molar-refractivity contribution in [2.45, 2.75) is 135 Å². The second-order valence-electron chi connectivity index (χ2n) is 10.8. The van der Waals surface area contributed by atoms with E-state index in [4.69, 9.17) is 0 Å². The number of rotatable bonds is 22. The zero-order chi connectivity index (χ0) is 26.9. The standard InChI is InChI=1S/C31H50N2O3S/c1-3-5-7-9-11-13-15-19-23-31(30(35)36,24-20-16-14-12-10-8-6-4-2)27(29(34)37)28-32-25-21-17-18-22-26(25)33-28/h17-18,21-22,27H,3-16,19-20,23-24H2,1-2H3,(H,32,33)(H,34,37)(H,35,36). The van der Waals surface area contributed by atoms with Crippen LogP contribution < -0.4 is 0 Å². The Balaban J connectivity index is 2.15. The summed E-state index contributed by atoms with van der Waals surface area (Å²) in [5.41, 5.74) is 0.364. The predicted molar refractivity (Wildman–Crippen MR) is 157 cm³/mol. The number of nitrogens with zero attached hydrogens (tertiary/aromatic N) is 1. The third-order valence-electron chi connectivity index (χ3n) is 7.86. The van der Waals surface area contributed by atoms with Gasteiger partial charge < -0.3 is 10.1 Å². The third kappa shape index (κ3) is 10.1. The summed E-state index contributed by atoms with van der Waals surface area (Å²) in [6.07, 6.45) is 19.2. The van der Waals surface area contributed by atoms with Crippen LogP contribution in [-0.2, 0) is 9.59 Å². The molecule has 5 nitrogen and oxygen atoms in total. The number of carboxylic acids is 1. The Bertz CT molecular complexity index is 873. The number of nitrogens with one attached hydrogen (secondary N) is 1. The van der Waals surface area contributed by atoms with E-state index in [1.54, 1.807) is 0 Å². The number of para-hydroxylation sites is 2. The van der Waals surface area contributed by atoms with Crippen LogP contribution in [0.1, 0.15) is 141 Å². The number of H-pyrrole nitrogens is 1. The maximum absolute atomic E-state index is 13.0. The number of aromatic amines is 1. The number of hydrogen-bond acceptors (Lipinski definition) is 3. The van der Waals surface area contributed by atoms with Crippen molar-refractivity contribution in [3.8, 4) is 0 Å². The first kappa shape index (κ1) is 31.4. The van der Waals surface area contributed by atoms with E-state index in [0.717, 1.165) is 49.6 Å². The van der Waals surface area contributed by atoms with E-state index in [9.17, 15) is 14.7 Å². The number of imidazole rings is 1. The molecule has 0 aliphatic rings. The highest BCUT2D eigenvalue weighted by molar-refractivity contribution is 7.96. The van der Waals surface area contributed by atoms with Crippen LogP contribution in [0, 0.1) is 5.41 Å². The van der Waals surface area contributed by atoms with Crippen LogP contribution in [0.15, 0.2) is 24.3 Å². The van der Waals surface area contributed by atoms with Gasteiger partial charge in [-0.2, -0.15) is 0 Å². The Labute approximate surface area is 230 Å². The monoisotopic (exact) mass is 530 g/mol. The largest absolute Gasteiger partial charge is 0.481 e. The topological polar surface area (TPSA) is 83.0 Å². The molecular weight excluding hydrogens is 480 g/mol. The van der Waals surface area contributed by atoms with Gasteiger partial charge in [-0.1, -0.05) is 129 Å². The fourth-order valence-corrected chi connectivity index (χ4v) is 5.99. The van der Waals surface area contributed by atoms with Gasteiger partial charge in [0.25, 0.3) is 0 Å². The normalized spacial score (nSPS) is 12.7. The Hall–Kier alpha value is -1.82. The molecule has 1 aromatic heterocycles. The molecule has 2 aromatic rings. The Morgan fingerprint density at radius 2 is 1.27 bits per heavy atom. The average molecular weight is 531 g/mol. The minimum absolute atomic E-state index is 0.416. The molecule has 2 N–H and O–H groups in total. The zero-order valence-electron chi connectivity index (χ0n) is 23.3. The maximum atomic E-state index is 13.0. The molecule has 0 saturated carbocycles. The minimum atomic E-state index is -1.20. The smallest absolute Gasteiger partial charge is 0.310 e. The molecule has 1 atom stereocenters. The highest BCUT2D eigenvalue weighted by atomic mass is 32.1. The quantitative estimate of drug-likeness (QED) is 0.105. The van der Waals surface area contributed by atoms with Crippen molar-refractivity contribution in [3.05, 3.63) is 30.1 Å². The highest BCUT2D eigenvalue weighted by Gasteiger charge is 2.49. The molecule has 0 fully saturated rings. The number of carbonyl (C=O) groups is 2. The van der Waals surface area contributed by atoms with Gasteiger partial charge in [-0.25, -0.2) is 4.98 Å². The molecule has 1 aromatic carbocycles. The number of aliphatic carboxylic acids is 1. The van der Waals surface area contributed by atoms with Crippen LogP contribution in [0.25, 0.3) is 11.0 Å². The first-order valence-corrected chi connectivity index (χ1v) is 15.3. The van der Waals surface area contributed by atoms with Crippen molar-refractivity contribution in [1.82, 2.24) is 9.97 Å². The fourth-order valence-electron chi connectivity index (χ4n) is 5.62. The van der Waals surface area contributed by atoms with Gasteiger partial charge in [0.15, 0.2) is 5.12 Å². The Morgan fingerprint density at radius 3 is 1.70 bits per heavy atom. The van der Waals surface area contributed by atoms with Crippen LogP contribution in [0.4, 0.5) is 0 Å². The minimum Gasteiger partial charge on any atom is -0.481 e. The third-order valence-corrected chi connectivity index (χ3v) is 8.12. The lowest BCUT2D eigenvalue weighted by Gasteiger charge is -2.35. The van der Waals surface area contributed by atoms with Gasteiger partial charge in [0.2, 0.25) is 0 Å². The molecule has 0 bridgehead atoms. The van der Waals surface area contributed by atoms with E-state index in [0.29, 0.717) is 18.7 Å². The molecule has 0 spiro atoms. The van der Waals surface area contributed by atoms with Gasteiger partial charge in [0, 0.05) is 0 Å². The SMILES string of the molecule is CCCCCCCCCCC(CCCCCCCCCC)(C(=O)O)C(C(=O)S)c1nc2ccccc2[nH]1. The molecule has 1 unspecified atom stereocenters.